The van der Waals surface area contributed by atoms with E-state index in [9.17, 15) is 0 Å². The van der Waals surface area contributed by atoms with E-state index in [2.05, 4.69) is 29.4 Å². The predicted octanol–water partition coefficient (Wildman–Crippen LogP) is 3.71. The first kappa shape index (κ1) is 11.1. The number of H-pyrrole nitrogens is 1. The highest BCUT2D eigenvalue weighted by atomic mass is 35.5. The van der Waals surface area contributed by atoms with E-state index in [4.69, 9.17) is 11.6 Å². The van der Waals surface area contributed by atoms with Crippen LogP contribution in [0.4, 0.5) is 0 Å². The SMILES string of the molecule is CC1CC(NCc2[nH]c3ccccc3c2Cl)C1. The number of aromatic nitrogens is 1. The van der Waals surface area contributed by atoms with Crippen LogP contribution in [0.15, 0.2) is 24.3 Å². The molecular weight excluding hydrogens is 232 g/mol. The fourth-order valence-electron chi connectivity index (χ4n) is 2.60. The van der Waals surface area contributed by atoms with Crippen LogP contribution in [0, 0.1) is 5.92 Å². The average molecular weight is 249 g/mol. The zero-order valence-electron chi connectivity index (χ0n) is 9.96. The average Bonchev–Trinajstić information content (AvgIpc) is 2.61. The van der Waals surface area contributed by atoms with Gasteiger partial charge in [-0.3, -0.25) is 0 Å². The molecule has 1 heterocycles. The minimum atomic E-state index is 0.674. The monoisotopic (exact) mass is 248 g/mol. The second-order valence-corrected chi connectivity index (χ2v) is 5.50. The molecule has 0 radical (unpaired) electrons. The highest BCUT2D eigenvalue weighted by Crippen LogP contribution is 2.29. The number of benzene rings is 1. The summed E-state index contributed by atoms with van der Waals surface area (Å²) in [6.07, 6.45) is 2.58. The zero-order valence-corrected chi connectivity index (χ0v) is 10.7. The first-order valence-electron chi connectivity index (χ1n) is 6.22. The van der Waals surface area contributed by atoms with Gasteiger partial charge in [-0.15, -0.1) is 0 Å². The molecule has 17 heavy (non-hydrogen) atoms. The van der Waals surface area contributed by atoms with E-state index < -0.39 is 0 Å². The normalized spacial score (nSPS) is 23.9. The highest BCUT2D eigenvalue weighted by Gasteiger charge is 2.24. The van der Waals surface area contributed by atoms with Gasteiger partial charge in [0, 0.05) is 29.2 Å². The molecule has 2 aromatic rings. The third-order valence-corrected chi connectivity index (χ3v) is 4.09. The maximum Gasteiger partial charge on any atom is 0.0705 e. The summed E-state index contributed by atoms with van der Waals surface area (Å²) < 4.78 is 0. The van der Waals surface area contributed by atoms with Crippen molar-refractivity contribution < 1.29 is 0 Å². The zero-order chi connectivity index (χ0) is 11.8. The van der Waals surface area contributed by atoms with Crippen molar-refractivity contribution in [2.75, 3.05) is 0 Å². The summed E-state index contributed by atoms with van der Waals surface area (Å²) in [7, 11) is 0. The molecule has 1 saturated carbocycles. The number of fused-ring (bicyclic) bond motifs is 1. The van der Waals surface area contributed by atoms with Crippen LogP contribution in [0.3, 0.4) is 0 Å². The van der Waals surface area contributed by atoms with E-state index in [1.165, 1.54) is 12.8 Å². The predicted molar refractivity (Wildman–Crippen MR) is 72.3 cm³/mol. The number of para-hydroxylation sites is 1. The van der Waals surface area contributed by atoms with Crippen LogP contribution in [0.5, 0.6) is 0 Å². The molecule has 1 fully saturated rings. The quantitative estimate of drug-likeness (QED) is 0.852. The van der Waals surface area contributed by atoms with Crippen LogP contribution >= 0.6 is 11.6 Å². The fourth-order valence-corrected chi connectivity index (χ4v) is 2.88. The van der Waals surface area contributed by atoms with E-state index >= 15 is 0 Å². The highest BCUT2D eigenvalue weighted by molar-refractivity contribution is 6.36. The molecule has 0 bridgehead atoms. The molecule has 1 aliphatic carbocycles. The minimum absolute atomic E-state index is 0.674. The number of hydrogen-bond donors (Lipinski definition) is 2. The van der Waals surface area contributed by atoms with Gasteiger partial charge >= 0.3 is 0 Å². The lowest BCUT2D eigenvalue weighted by molar-refractivity contribution is 0.240. The molecule has 0 amide bonds. The first-order chi connectivity index (χ1) is 8.24. The van der Waals surface area contributed by atoms with Gasteiger partial charge in [0.25, 0.3) is 0 Å². The number of aromatic amines is 1. The topological polar surface area (TPSA) is 27.8 Å². The Balaban J connectivity index is 1.74. The Morgan fingerprint density at radius 1 is 1.35 bits per heavy atom. The van der Waals surface area contributed by atoms with Crippen molar-refractivity contribution in [1.82, 2.24) is 10.3 Å². The van der Waals surface area contributed by atoms with Crippen molar-refractivity contribution in [2.24, 2.45) is 5.92 Å². The van der Waals surface area contributed by atoms with Crippen LogP contribution in [0.25, 0.3) is 10.9 Å². The van der Waals surface area contributed by atoms with E-state index in [1.54, 1.807) is 0 Å². The van der Waals surface area contributed by atoms with E-state index in [0.717, 1.165) is 34.1 Å². The molecular formula is C14H17ClN2. The molecule has 1 aromatic heterocycles. The Morgan fingerprint density at radius 2 is 2.12 bits per heavy atom. The van der Waals surface area contributed by atoms with Crippen molar-refractivity contribution in [3.63, 3.8) is 0 Å². The van der Waals surface area contributed by atoms with Gasteiger partial charge in [0.1, 0.15) is 0 Å². The summed E-state index contributed by atoms with van der Waals surface area (Å²) in [6.45, 7) is 3.14. The summed E-state index contributed by atoms with van der Waals surface area (Å²) in [5.74, 6) is 0.880. The van der Waals surface area contributed by atoms with Crippen LogP contribution in [0.2, 0.25) is 5.02 Å². The third-order valence-electron chi connectivity index (χ3n) is 3.66. The van der Waals surface area contributed by atoms with Crippen molar-refractivity contribution in [3.05, 3.63) is 35.0 Å². The molecule has 0 unspecified atom stereocenters. The molecule has 0 spiro atoms. The summed E-state index contributed by atoms with van der Waals surface area (Å²) in [5.41, 5.74) is 2.23. The fraction of sp³-hybridized carbons (Fsp3) is 0.429. The van der Waals surface area contributed by atoms with Crippen molar-refractivity contribution in [2.45, 2.75) is 32.4 Å². The van der Waals surface area contributed by atoms with Crippen LogP contribution in [-0.2, 0) is 6.54 Å². The van der Waals surface area contributed by atoms with Gasteiger partial charge in [0.05, 0.1) is 5.02 Å². The lowest BCUT2D eigenvalue weighted by Gasteiger charge is -2.33. The molecule has 2 nitrogen and oxygen atoms in total. The molecule has 2 N–H and O–H groups in total. The van der Waals surface area contributed by atoms with Gasteiger partial charge in [-0.1, -0.05) is 36.7 Å². The van der Waals surface area contributed by atoms with Gasteiger partial charge in [0.2, 0.25) is 0 Å². The number of hydrogen-bond acceptors (Lipinski definition) is 1. The standard InChI is InChI=1S/C14H17ClN2/c1-9-6-10(7-9)16-8-13-14(15)11-4-2-3-5-12(11)17-13/h2-5,9-10,16-17H,6-8H2,1H3. The maximum atomic E-state index is 6.36. The Morgan fingerprint density at radius 3 is 2.82 bits per heavy atom. The lowest BCUT2D eigenvalue weighted by Crippen LogP contribution is -2.39. The van der Waals surface area contributed by atoms with E-state index in [-0.39, 0.29) is 0 Å². The second-order valence-electron chi connectivity index (χ2n) is 5.12. The molecule has 1 aromatic carbocycles. The first-order valence-corrected chi connectivity index (χ1v) is 6.60. The summed E-state index contributed by atoms with van der Waals surface area (Å²) in [6, 6.07) is 8.85. The lowest BCUT2D eigenvalue weighted by atomic mass is 9.82. The largest absolute Gasteiger partial charge is 0.356 e. The van der Waals surface area contributed by atoms with Crippen molar-refractivity contribution >= 4 is 22.5 Å². The van der Waals surface area contributed by atoms with Crippen LogP contribution in [0.1, 0.15) is 25.5 Å². The molecule has 0 atom stereocenters. The molecule has 3 heteroatoms. The summed E-state index contributed by atoms with van der Waals surface area (Å²) >= 11 is 6.36. The van der Waals surface area contributed by atoms with E-state index in [0.29, 0.717) is 6.04 Å². The number of nitrogens with one attached hydrogen (secondary N) is 2. The summed E-state index contributed by atoms with van der Waals surface area (Å²) in [5, 5.41) is 5.53. The van der Waals surface area contributed by atoms with Crippen LogP contribution in [-0.4, -0.2) is 11.0 Å². The van der Waals surface area contributed by atoms with Gasteiger partial charge < -0.3 is 10.3 Å². The second kappa shape index (κ2) is 4.35. The molecule has 1 aliphatic rings. The van der Waals surface area contributed by atoms with E-state index in [1.807, 2.05) is 12.1 Å². The molecule has 90 valence electrons. The molecule has 0 saturated heterocycles. The Bertz CT molecular complexity index is 526. The van der Waals surface area contributed by atoms with Gasteiger partial charge in [-0.25, -0.2) is 0 Å². The third kappa shape index (κ3) is 2.07. The van der Waals surface area contributed by atoms with Crippen LogP contribution < -0.4 is 5.32 Å². The molecule has 0 aliphatic heterocycles. The van der Waals surface area contributed by atoms with Gasteiger partial charge in [-0.05, 0) is 24.8 Å². The van der Waals surface area contributed by atoms with Gasteiger partial charge in [0.15, 0.2) is 0 Å². The Labute approximate surface area is 106 Å². The maximum absolute atomic E-state index is 6.36. The smallest absolute Gasteiger partial charge is 0.0705 e. The number of rotatable bonds is 3. The number of halogens is 1. The van der Waals surface area contributed by atoms with Crippen molar-refractivity contribution in [1.29, 1.82) is 0 Å². The minimum Gasteiger partial charge on any atom is -0.356 e. The Kier molecular flexibility index (Phi) is 2.85. The van der Waals surface area contributed by atoms with Crippen molar-refractivity contribution in [3.8, 4) is 0 Å². The molecule has 3 rings (SSSR count). The summed E-state index contributed by atoms with van der Waals surface area (Å²) in [4.78, 5) is 3.38. The van der Waals surface area contributed by atoms with Gasteiger partial charge in [-0.2, -0.15) is 0 Å². The Hall–Kier alpha value is -0.990.